The number of rotatable bonds is 5. The Balaban J connectivity index is 1.81. The van der Waals surface area contributed by atoms with Crippen molar-refractivity contribution in [2.75, 3.05) is 13.2 Å². The van der Waals surface area contributed by atoms with Gasteiger partial charge >= 0.3 is 5.97 Å². The molecule has 0 aliphatic carbocycles. The Labute approximate surface area is 180 Å². The van der Waals surface area contributed by atoms with Gasteiger partial charge in [-0.05, 0) is 44.2 Å². The van der Waals surface area contributed by atoms with Crippen LogP contribution in [0, 0.1) is 5.92 Å². The van der Waals surface area contributed by atoms with Crippen LogP contribution in [-0.2, 0) is 16.1 Å². The Morgan fingerprint density at radius 1 is 1.16 bits per heavy atom. The molecular weight excluding hydrogens is 396 g/mol. The first-order chi connectivity index (χ1) is 14.9. The van der Waals surface area contributed by atoms with Gasteiger partial charge in [-0.25, -0.2) is 9.31 Å². The standard InChI is InChI=1S/C23H28N4O4/c1-4-31-23(30)19-11-7-8-12-25(19)21(28)16-13-20-22(29)26(14-15(2)3)17-9-5-6-10-18(17)27(20)24-16/h5-6,9-10,13,15,19H,4,7-8,11-12,14H2,1-3H3/t19-/m1/s1. The van der Waals surface area contributed by atoms with Crippen molar-refractivity contribution >= 4 is 28.4 Å². The molecule has 0 saturated carbocycles. The fourth-order valence-corrected chi connectivity index (χ4v) is 4.29. The fraction of sp³-hybridized carbons (Fsp3) is 0.478. The van der Waals surface area contributed by atoms with Gasteiger partial charge in [-0.1, -0.05) is 26.0 Å². The summed E-state index contributed by atoms with van der Waals surface area (Å²) < 4.78 is 8.46. The summed E-state index contributed by atoms with van der Waals surface area (Å²) in [7, 11) is 0. The highest BCUT2D eigenvalue weighted by Gasteiger charge is 2.35. The summed E-state index contributed by atoms with van der Waals surface area (Å²) in [5.41, 5.74) is 1.88. The van der Waals surface area contributed by atoms with E-state index in [-0.39, 0.29) is 35.7 Å². The van der Waals surface area contributed by atoms with Gasteiger partial charge in [0.1, 0.15) is 11.6 Å². The molecule has 1 saturated heterocycles. The van der Waals surface area contributed by atoms with Gasteiger partial charge in [0.15, 0.2) is 5.69 Å². The lowest BCUT2D eigenvalue weighted by atomic mass is 10.0. The zero-order valence-corrected chi connectivity index (χ0v) is 18.2. The van der Waals surface area contributed by atoms with Crippen LogP contribution in [0.1, 0.15) is 50.5 Å². The number of para-hydroxylation sites is 2. The number of aromatic nitrogens is 3. The molecule has 164 valence electrons. The van der Waals surface area contributed by atoms with E-state index in [0.29, 0.717) is 25.0 Å². The highest BCUT2D eigenvalue weighted by Crippen LogP contribution is 2.22. The number of fused-ring (bicyclic) bond motifs is 3. The topological polar surface area (TPSA) is 85.9 Å². The van der Waals surface area contributed by atoms with Crippen LogP contribution in [0.5, 0.6) is 0 Å². The van der Waals surface area contributed by atoms with Crippen molar-refractivity contribution in [2.45, 2.75) is 52.6 Å². The first kappa shape index (κ1) is 21.1. The molecule has 4 rings (SSSR count). The Morgan fingerprint density at radius 2 is 1.90 bits per heavy atom. The van der Waals surface area contributed by atoms with Gasteiger partial charge in [-0.2, -0.15) is 5.10 Å². The normalized spacial score (nSPS) is 16.9. The molecule has 0 bridgehead atoms. The minimum atomic E-state index is -0.611. The first-order valence-corrected chi connectivity index (χ1v) is 10.9. The third-order valence-electron chi connectivity index (χ3n) is 5.66. The average molecular weight is 425 g/mol. The molecule has 0 unspecified atom stereocenters. The minimum absolute atomic E-state index is 0.167. The van der Waals surface area contributed by atoms with Crippen molar-refractivity contribution in [2.24, 2.45) is 5.92 Å². The number of amides is 1. The number of esters is 1. The number of benzene rings is 1. The van der Waals surface area contributed by atoms with Crippen molar-refractivity contribution in [1.82, 2.24) is 19.1 Å². The molecule has 8 heteroatoms. The SMILES string of the molecule is CCOC(=O)[C@H]1CCCCN1C(=O)c1cc2c(=O)n(CC(C)C)c3ccccc3n2n1. The van der Waals surface area contributed by atoms with Gasteiger partial charge in [0.2, 0.25) is 0 Å². The Bertz CT molecular complexity index is 1190. The molecule has 0 N–H and O–H groups in total. The van der Waals surface area contributed by atoms with Crippen LogP contribution < -0.4 is 5.56 Å². The highest BCUT2D eigenvalue weighted by atomic mass is 16.5. The highest BCUT2D eigenvalue weighted by molar-refractivity contribution is 5.97. The number of likely N-dealkylation sites (tertiary alicyclic amines) is 1. The first-order valence-electron chi connectivity index (χ1n) is 10.9. The molecule has 2 aromatic heterocycles. The maximum absolute atomic E-state index is 13.3. The molecule has 1 aliphatic rings. The number of carbonyl (C=O) groups excluding carboxylic acids is 2. The van der Waals surface area contributed by atoms with Crippen LogP contribution in [0.2, 0.25) is 0 Å². The Hall–Kier alpha value is -3.16. The zero-order chi connectivity index (χ0) is 22.1. The summed E-state index contributed by atoms with van der Waals surface area (Å²) in [6.07, 6.45) is 2.25. The molecule has 3 aromatic rings. The van der Waals surface area contributed by atoms with Crippen LogP contribution >= 0.6 is 0 Å². The lowest BCUT2D eigenvalue weighted by Crippen LogP contribution is -2.48. The molecule has 0 radical (unpaired) electrons. The molecule has 1 fully saturated rings. The third kappa shape index (κ3) is 3.82. The lowest BCUT2D eigenvalue weighted by molar-refractivity contribution is -0.149. The number of nitrogens with zero attached hydrogens (tertiary/aromatic N) is 4. The second-order valence-electron chi connectivity index (χ2n) is 8.39. The molecule has 1 aromatic carbocycles. The summed E-state index contributed by atoms with van der Waals surface area (Å²) in [5, 5.41) is 4.50. The summed E-state index contributed by atoms with van der Waals surface area (Å²) >= 11 is 0. The van der Waals surface area contributed by atoms with Gasteiger partial charge in [-0.3, -0.25) is 9.59 Å². The molecule has 31 heavy (non-hydrogen) atoms. The number of ether oxygens (including phenoxy) is 1. The van der Waals surface area contributed by atoms with Gasteiger partial charge < -0.3 is 14.2 Å². The maximum atomic E-state index is 13.3. The summed E-state index contributed by atoms with van der Waals surface area (Å²) in [5.74, 6) is -0.448. The monoisotopic (exact) mass is 424 g/mol. The average Bonchev–Trinajstić information content (AvgIpc) is 3.22. The van der Waals surface area contributed by atoms with Crippen LogP contribution in [0.25, 0.3) is 16.6 Å². The summed E-state index contributed by atoms with van der Waals surface area (Å²) in [6, 6.07) is 8.49. The van der Waals surface area contributed by atoms with Gasteiger partial charge in [0.05, 0.1) is 17.6 Å². The minimum Gasteiger partial charge on any atom is -0.464 e. The van der Waals surface area contributed by atoms with E-state index in [0.717, 1.165) is 23.9 Å². The second-order valence-corrected chi connectivity index (χ2v) is 8.39. The Kier molecular flexibility index (Phi) is 5.80. The van der Waals surface area contributed by atoms with Crippen LogP contribution in [0.3, 0.4) is 0 Å². The van der Waals surface area contributed by atoms with Crippen LogP contribution in [-0.4, -0.2) is 50.2 Å². The van der Waals surface area contributed by atoms with E-state index in [1.54, 1.807) is 22.1 Å². The maximum Gasteiger partial charge on any atom is 0.328 e. The number of hydrogen-bond donors (Lipinski definition) is 0. The molecule has 3 heterocycles. The molecule has 1 aliphatic heterocycles. The molecular formula is C23H28N4O4. The number of carbonyl (C=O) groups is 2. The van der Waals surface area contributed by atoms with E-state index in [1.165, 1.54) is 4.90 Å². The van der Waals surface area contributed by atoms with Crippen molar-refractivity contribution in [3.63, 3.8) is 0 Å². The van der Waals surface area contributed by atoms with Gasteiger partial charge in [0.25, 0.3) is 11.5 Å². The number of hydrogen-bond acceptors (Lipinski definition) is 5. The van der Waals surface area contributed by atoms with Gasteiger partial charge in [0, 0.05) is 19.2 Å². The van der Waals surface area contributed by atoms with Crippen LogP contribution in [0.15, 0.2) is 35.1 Å². The van der Waals surface area contributed by atoms with E-state index in [4.69, 9.17) is 4.74 Å². The van der Waals surface area contributed by atoms with E-state index >= 15 is 0 Å². The van der Waals surface area contributed by atoms with Crippen molar-refractivity contribution in [1.29, 1.82) is 0 Å². The second kappa shape index (κ2) is 8.53. The zero-order valence-electron chi connectivity index (χ0n) is 18.2. The molecule has 1 amide bonds. The lowest BCUT2D eigenvalue weighted by Gasteiger charge is -2.33. The third-order valence-corrected chi connectivity index (χ3v) is 5.66. The molecule has 1 atom stereocenters. The summed E-state index contributed by atoms with van der Waals surface area (Å²) in [4.78, 5) is 40.5. The molecule has 8 nitrogen and oxygen atoms in total. The van der Waals surface area contributed by atoms with Crippen molar-refractivity contribution < 1.29 is 14.3 Å². The van der Waals surface area contributed by atoms with E-state index < -0.39 is 6.04 Å². The van der Waals surface area contributed by atoms with Crippen molar-refractivity contribution in [3.8, 4) is 0 Å². The largest absolute Gasteiger partial charge is 0.464 e. The molecule has 0 spiro atoms. The fourth-order valence-electron chi connectivity index (χ4n) is 4.29. The summed E-state index contributed by atoms with van der Waals surface area (Å²) in [6.45, 7) is 7.18. The van der Waals surface area contributed by atoms with E-state index in [2.05, 4.69) is 18.9 Å². The van der Waals surface area contributed by atoms with Crippen LogP contribution in [0.4, 0.5) is 0 Å². The predicted molar refractivity (Wildman–Crippen MR) is 117 cm³/mol. The van der Waals surface area contributed by atoms with E-state index in [9.17, 15) is 14.4 Å². The number of piperidine rings is 1. The smallest absolute Gasteiger partial charge is 0.328 e. The van der Waals surface area contributed by atoms with Crippen molar-refractivity contribution in [3.05, 3.63) is 46.4 Å². The quantitative estimate of drug-likeness (QED) is 0.588. The van der Waals surface area contributed by atoms with E-state index in [1.807, 2.05) is 24.3 Å². The predicted octanol–water partition coefficient (Wildman–Crippen LogP) is 2.86. The van der Waals surface area contributed by atoms with Gasteiger partial charge in [-0.15, -0.1) is 0 Å². The Morgan fingerprint density at radius 3 is 2.61 bits per heavy atom.